The quantitative estimate of drug-likeness (QED) is 0.0968. The van der Waals surface area contributed by atoms with E-state index < -0.39 is 8.07 Å². The monoisotopic (exact) mass is 582 g/mol. The highest BCUT2D eigenvalue weighted by Gasteiger charge is 2.43. The zero-order valence-corrected chi connectivity index (χ0v) is 27.7. The van der Waals surface area contributed by atoms with E-state index in [1.165, 1.54) is 81.9 Å². The number of rotatable bonds is 15. The lowest BCUT2D eigenvalue weighted by molar-refractivity contribution is 0.795. The van der Waals surface area contributed by atoms with Gasteiger partial charge in [-0.1, -0.05) is 161 Å². The standard InChI is InChI=1S/C42H50Si/c1-4-7-13-34-18-25-39(26-19-34)43(40-27-20-35(21-28-40)14-8-5-2,41-29-22-36(23-30-41)15-9-6-3)42-31-24-38(33-42)32-37-16-11-10-12-17-37/h10-12,16-30,33H,4-9,13-15,31-32H2,1-3H3. The van der Waals surface area contributed by atoms with Crippen LogP contribution in [0.25, 0.3) is 0 Å². The SMILES string of the molecule is CCCCc1ccc([Si](C2=CC(Cc3ccccc3)=CC2)(c2ccc(CCCC)cc2)c2ccc(CCCC)cc2)cc1. The van der Waals surface area contributed by atoms with Crippen LogP contribution in [0.5, 0.6) is 0 Å². The van der Waals surface area contributed by atoms with E-state index in [9.17, 15) is 0 Å². The third kappa shape index (κ3) is 7.39. The predicted molar refractivity (Wildman–Crippen MR) is 191 cm³/mol. The van der Waals surface area contributed by atoms with Crippen LogP contribution in [-0.4, -0.2) is 8.07 Å². The molecule has 4 aromatic rings. The smallest absolute Gasteiger partial charge is 0.0773 e. The van der Waals surface area contributed by atoms with E-state index in [-0.39, 0.29) is 0 Å². The van der Waals surface area contributed by atoms with Gasteiger partial charge in [0.15, 0.2) is 8.07 Å². The molecule has 43 heavy (non-hydrogen) atoms. The molecule has 5 rings (SSSR count). The Balaban J connectivity index is 1.65. The predicted octanol–water partition coefficient (Wildman–Crippen LogP) is 9.22. The molecule has 0 saturated heterocycles. The van der Waals surface area contributed by atoms with Gasteiger partial charge in [0.05, 0.1) is 0 Å². The van der Waals surface area contributed by atoms with E-state index in [1.54, 1.807) is 5.20 Å². The van der Waals surface area contributed by atoms with Gasteiger partial charge in [0.1, 0.15) is 0 Å². The van der Waals surface area contributed by atoms with Crippen molar-refractivity contribution in [3.05, 3.63) is 148 Å². The Bertz CT molecular complexity index is 1350. The second-order valence-corrected chi connectivity index (χ2v) is 16.3. The molecule has 222 valence electrons. The van der Waals surface area contributed by atoms with Gasteiger partial charge >= 0.3 is 0 Å². The molecule has 0 unspecified atom stereocenters. The summed E-state index contributed by atoms with van der Waals surface area (Å²) in [7, 11) is -2.50. The van der Waals surface area contributed by atoms with Crippen LogP contribution in [-0.2, 0) is 25.7 Å². The van der Waals surface area contributed by atoms with Gasteiger partial charge < -0.3 is 0 Å². The number of hydrogen-bond donors (Lipinski definition) is 0. The molecule has 1 heteroatoms. The van der Waals surface area contributed by atoms with Crippen LogP contribution < -0.4 is 15.6 Å². The fourth-order valence-electron chi connectivity index (χ4n) is 6.76. The van der Waals surface area contributed by atoms with Gasteiger partial charge in [0, 0.05) is 0 Å². The topological polar surface area (TPSA) is 0 Å². The highest BCUT2D eigenvalue weighted by atomic mass is 28.3. The molecule has 4 aromatic carbocycles. The molecule has 0 aliphatic heterocycles. The number of allylic oxidation sites excluding steroid dienone is 4. The fourth-order valence-corrected chi connectivity index (χ4v) is 11.7. The van der Waals surface area contributed by atoms with Gasteiger partial charge in [-0.25, -0.2) is 0 Å². The fraction of sp³-hybridized carbons (Fsp3) is 0.333. The molecule has 0 N–H and O–H groups in total. The van der Waals surface area contributed by atoms with Gasteiger partial charge in [0.25, 0.3) is 0 Å². The Hall–Kier alpha value is -3.42. The van der Waals surface area contributed by atoms with E-state index in [1.807, 2.05) is 0 Å². The van der Waals surface area contributed by atoms with Crippen LogP contribution in [0.3, 0.4) is 0 Å². The Morgan fingerprint density at radius 2 is 0.907 bits per heavy atom. The number of hydrogen-bond acceptors (Lipinski definition) is 0. The molecule has 0 spiro atoms. The van der Waals surface area contributed by atoms with Crippen LogP contribution in [0.1, 0.15) is 88.0 Å². The Kier molecular flexibility index (Phi) is 11.1. The molecule has 0 heterocycles. The minimum Gasteiger partial charge on any atom is -0.0773 e. The Labute approximate surface area is 262 Å². The van der Waals surface area contributed by atoms with Gasteiger partial charge in [-0.2, -0.15) is 0 Å². The molecule has 0 saturated carbocycles. The summed E-state index contributed by atoms with van der Waals surface area (Å²) in [6.07, 6.45) is 18.0. The average Bonchev–Trinajstić information content (AvgIpc) is 3.52. The zero-order valence-electron chi connectivity index (χ0n) is 26.7. The van der Waals surface area contributed by atoms with E-state index in [2.05, 4.69) is 136 Å². The number of benzene rings is 4. The van der Waals surface area contributed by atoms with Crippen LogP contribution in [0.2, 0.25) is 0 Å². The number of unbranched alkanes of at least 4 members (excludes halogenated alkanes) is 3. The van der Waals surface area contributed by atoms with Crippen molar-refractivity contribution in [1.29, 1.82) is 0 Å². The number of aryl methyl sites for hydroxylation is 3. The minimum absolute atomic E-state index is 0.997. The summed E-state index contributed by atoms with van der Waals surface area (Å²) in [5, 5.41) is 6.14. The lowest BCUT2D eigenvalue weighted by Crippen LogP contribution is -2.68. The van der Waals surface area contributed by atoms with Crippen LogP contribution in [0.15, 0.2) is 126 Å². The summed E-state index contributed by atoms with van der Waals surface area (Å²) >= 11 is 0. The first-order valence-corrected chi connectivity index (χ1v) is 18.9. The van der Waals surface area contributed by atoms with Crippen molar-refractivity contribution in [2.24, 2.45) is 0 Å². The molecule has 1 aliphatic rings. The first-order valence-electron chi connectivity index (χ1n) is 16.9. The maximum atomic E-state index is 2.58. The minimum atomic E-state index is -2.50. The summed E-state index contributed by atoms with van der Waals surface area (Å²) in [6.45, 7) is 6.85. The molecule has 0 nitrogen and oxygen atoms in total. The van der Waals surface area contributed by atoms with Gasteiger partial charge in [-0.3, -0.25) is 0 Å². The molecule has 0 bridgehead atoms. The molecule has 0 radical (unpaired) electrons. The molecule has 0 atom stereocenters. The van der Waals surface area contributed by atoms with Crippen molar-refractivity contribution in [2.45, 2.75) is 91.4 Å². The second kappa shape index (κ2) is 15.3. The summed E-state index contributed by atoms with van der Waals surface area (Å²) in [6, 6.07) is 40.4. The van der Waals surface area contributed by atoms with Crippen molar-refractivity contribution in [2.75, 3.05) is 0 Å². The van der Waals surface area contributed by atoms with Crippen molar-refractivity contribution in [3.8, 4) is 0 Å². The highest BCUT2D eigenvalue weighted by molar-refractivity contribution is 7.16. The first kappa shape index (κ1) is 31.0. The molecular formula is C42H50Si. The normalized spacial score (nSPS) is 13.2. The summed E-state index contributed by atoms with van der Waals surface area (Å²) in [4.78, 5) is 0. The Morgan fingerprint density at radius 3 is 1.30 bits per heavy atom. The van der Waals surface area contributed by atoms with Gasteiger partial charge in [-0.15, -0.1) is 0 Å². The van der Waals surface area contributed by atoms with Crippen molar-refractivity contribution < 1.29 is 0 Å². The van der Waals surface area contributed by atoms with Gasteiger partial charge in [-0.05, 0) is 94.8 Å². The van der Waals surface area contributed by atoms with E-state index in [4.69, 9.17) is 0 Å². The van der Waals surface area contributed by atoms with Crippen molar-refractivity contribution in [1.82, 2.24) is 0 Å². The lowest BCUT2D eigenvalue weighted by Gasteiger charge is -2.36. The van der Waals surface area contributed by atoms with Crippen LogP contribution in [0.4, 0.5) is 0 Å². The van der Waals surface area contributed by atoms with E-state index in [0.29, 0.717) is 0 Å². The van der Waals surface area contributed by atoms with Crippen molar-refractivity contribution in [3.63, 3.8) is 0 Å². The summed E-state index contributed by atoms with van der Waals surface area (Å²) in [5.41, 5.74) is 7.22. The molecule has 0 fully saturated rings. The third-order valence-electron chi connectivity index (χ3n) is 9.29. The molecule has 0 aromatic heterocycles. The second-order valence-electron chi connectivity index (χ2n) is 12.5. The van der Waals surface area contributed by atoms with E-state index in [0.717, 1.165) is 32.1 Å². The molecule has 1 aliphatic carbocycles. The average molecular weight is 583 g/mol. The first-order chi connectivity index (χ1) is 21.2. The molecular weight excluding hydrogens is 533 g/mol. The van der Waals surface area contributed by atoms with E-state index >= 15 is 0 Å². The third-order valence-corrected chi connectivity index (χ3v) is 14.2. The lowest BCUT2D eigenvalue weighted by atomic mass is 10.1. The van der Waals surface area contributed by atoms with Gasteiger partial charge in [0.2, 0.25) is 0 Å². The molecule has 0 amide bonds. The largest absolute Gasteiger partial charge is 0.175 e. The zero-order chi connectivity index (χ0) is 29.9. The van der Waals surface area contributed by atoms with Crippen LogP contribution >= 0.6 is 0 Å². The maximum Gasteiger partial charge on any atom is 0.175 e. The van der Waals surface area contributed by atoms with Crippen molar-refractivity contribution >= 4 is 23.6 Å². The highest BCUT2D eigenvalue weighted by Crippen LogP contribution is 2.29. The summed E-state index contributed by atoms with van der Waals surface area (Å²) in [5.74, 6) is 0. The Morgan fingerprint density at radius 1 is 0.488 bits per heavy atom. The van der Waals surface area contributed by atoms with Crippen LogP contribution in [0, 0.1) is 0 Å². The summed E-state index contributed by atoms with van der Waals surface area (Å²) < 4.78 is 0. The maximum absolute atomic E-state index is 2.58.